The maximum absolute atomic E-state index is 12.5. The number of carbonyl (C=O) groups excluding carboxylic acids is 3. The smallest absolute Gasteiger partial charge is 0.339 e. The summed E-state index contributed by atoms with van der Waals surface area (Å²) in [5.41, 5.74) is 7.21. The van der Waals surface area contributed by atoms with Crippen LogP contribution in [0.15, 0.2) is 60.7 Å². The molecule has 1 aromatic heterocycles. The van der Waals surface area contributed by atoms with Gasteiger partial charge in [-0.25, -0.2) is 14.6 Å². The number of rotatable bonds is 4. The van der Waals surface area contributed by atoms with Crippen molar-refractivity contribution in [3.05, 3.63) is 66.2 Å². The lowest BCUT2D eigenvalue weighted by atomic mass is 10.0. The van der Waals surface area contributed by atoms with Gasteiger partial charge in [0, 0.05) is 10.9 Å². The quantitative estimate of drug-likeness (QED) is 0.702. The normalized spacial score (nSPS) is 10.3. The van der Waals surface area contributed by atoms with Gasteiger partial charge in [0.25, 0.3) is 5.91 Å². The molecule has 7 heteroatoms. The summed E-state index contributed by atoms with van der Waals surface area (Å²) in [4.78, 5) is 39.1. The molecule has 0 aliphatic carbocycles. The summed E-state index contributed by atoms with van der Waals surface area (Å²) < 4.78 is 5.00. The van der Waals surface area contributed by atoms with Gasteiger partial charge < -0.3 is 10.5 Å². The highest BCUT2D eigenvalue weighted by Gasteiger charge is 2.16. The van der Waals surface area contributed by atoms with Crippen LogP contribution in [-0.2, 0) is 9.53 Å². The molecule has 3 N–H and O–H groups in total. The van der Waals surface area contributed by atoms with Crippen molar-refractivity contribution < 1.29 is 19.1 Å². The number of esters is 1. The lowest BCUT2D eigenvalue weighted by Gasteiger charge is -2.10. The van der Waals surface area contributed by atoms with E-state index < -0.39 is 24.5 Å². The van der Waals surface area contributed by atoms with Crippen LogP contribution in [0.1, 0.15) is 10.4 Å². The lowest BCUT2D eigenvalue weighted by molar-refractivity contribution is -0.123. The predicted octanol–water partition coefficient (Wildman–Crippen LogP) is 2.25. The molecule has 3 aromatic rings. The van der Waals surface area contributed by atoms with Crippen molar-refractivity contribution in [3.63, 3.8) is 0 Å². The van der Waals surface area contributed by atoms with E-state index in [1.165, 1.54) is 0 Å². The minimum absolute atomic E-state index is 0.279. The molecule has 130 valence electrons. The molecule has 0 spiro atoms. The Balaban J connectivity index is 1.94. The van der Waals surface area contributed by atoms with Crippen LogP contribution in [0.4, 0.5) is 4.79 Å². The minimum atomic E-state index is -1.01. The number of nitrogens with two attached hydrogens (primary N) is 1. The lowest BCUT2D eigenvalue weighted by Crippen LogP contribution is -2.37. The first-order valence-electron chi connectivity index (χ1n) is 7.76. The Morgan fingerprint density at radius 1 is 1.00 bits per heavy atom. The standard InChI is InChI=1S/C19H15N3O4/c20-19(25)22-17(23)11-26-18(24)14-10-16(12-6-2-1-3-7-12)21-15-9-5-4-8-13(14)15/h1-10H,11H2,(H3,20,22,23,25). The number of primary amides is 1. The zero-order chi connectivity index (χ0) is 18.5. The molecule has 3 amide bonds. The Morgan fingerprint density at radius 2 is 1.69 bits per heavy atom. The number of hydrogen-bond acceptors (Lipinski definition) is 5. The molecule has 0 aliphatic heterocycles. The van der Waals surface area contributed by atoms with Crippen molar-refractivity contribution in [3.8, 4) is 11.3 Å². The third-order valence-electron chi connectivity index (χ3n) is 3.60. The van der Waals surface area contributed by atoms with Gasteiger partial charge >= 0.3 is 12.0 Å². The Kier molecular flexibility index (Phi) is 4.89. The Hall–Kier alpha value is -3.74. The van der Waals surface area contributed by atoms with E-state index in [9.17, 15) is 14.4 Å². The number of para-hydroxylation sites is 1. The van der Waals surface area contributed by atoms with E-state index in [-0.39, 0.29) is 5.56 Å². The first-order valence-corrected chi connectivity index (χ1v) is 7.76. The number of imide groups is 1. The number of carbonyl (C=O) groups is 3. The van der Waals surface area contributed by atoms with E-state index in [0.717, 1.165) is 5.56 Å². The van der Waals surface area contributed by atoms with Gasteiger partial charge in [0.15, 0.2) is 6.61 Å². The second-order valence-corrected chi connectivity index (χ2v) is 5.43. The summed E-state index contributed by atoms with van der Waals surface area (Å²) in [5, 5.41) is 2.44. The Morgan fingerprint density at radius 3 is 2.42 bits per heavy atom. The van der Waals surface area contributed by atoms with Crippen molar-refractivity contribution in [2.75, 3.05) is 6.61 Å². The summed E-state index contributed by atoms with van der Waals surface area (Å²) >= 11 is 0. The van der Waals surface area contributed by atoms with E-state index in [4.69, 9.17) is 10.5 Å². The third kappa shape index (κ3) is 3.84. The summed E-state index contributed by atoms with van der Waals surface area (Å²) in [7, 11) is 0. The number of fused-ring (bicyclic) bond motifs is 1. The number of aromatic nitrogens is 1. The van der Waals surface area contributed by atoms with Crippen LogP contribution in [0.2, 0.25) is 0 Å². The average molecular weight is 349 g/mol. The van der Waals surface area contributed by atoms with Gasteiger partial charge in [0.05, 0.1) is 16.8 Å². The van der Waals surface area contributed by atoms with Crippen molar-refractivity contribution in [1.29, 1.82) is 0 Å². The number of urea groups is 1. The first kappa shape index (κ1) is 17.1. The molecule has 0 fully saturated rings. The number of nitrogens with one attached hydrogen (secondary N) is 1. The van der Waals surface area contributed by atoms with Gasteiger partial charge in [0.2, 0.25) is 0 Å². The van der Waals surface area contributed by atoms with Gasteiger partial charge in [-0.3, -0.25) is 10.1 Å². The molecule has 0 unspecified atom stereocenters. The van der Waals surface area contributed by atoms with Crippen molar-refractivity contribution in [2.45, 2.75) is 0 Å². The van der Waals surface area contributed by atoms with Crippen molar-refractivity contribution in [2.24, 2.45) is 5.73 Å². The van der Waals surface area contributed by atoms with Crippen molar-refractivity contribution >= 4 is 28.8 Å². The van der Waals surface area contributed by atoms with E-state index in [0.29, 0.717) is 16.6 Å². The third-order valence-corrected chi connectivity index (χ3v) is 3.60. The maximum atomic E-state index is 12.5. The summed E-state index contributed by atoms with van der Waals surface area (Å²) in [6, 6.07) is 17.1. The van der Waals surface area contributed by atoms with Crippen LogP contribution in [0.25, 0.3) is 22.2 Å². The average Bonchev–Trinajstić information content (AvgIpc) is 2.65. The minimum Gasteiger partial charge on any atom is -0.452 e. The molecule has 26 heavy (non-hydrogen) atoms. The zero-order valence-corrected chi connectivity index (χ0v) is 13.6. The molecule has 0 radical (unpaired) electrons. The molecule has 0 aliphatic rings. The predicted molar refractivity (Wildman–Crippen MR) is 95.2 cm³/mol. The summed E-state index contributed by atoms with van der Waals surface area (Å²) in [6.07, 6.45) is 0. The maximum Gasteiger partial charge on any atom is 0.339 e. The Labute approximate surface area is 148 Å². The van der Waals surface area contributed by atoms with Crippen molar-refractivity contribution in [1.82, 2.24) is 10.3 Å². The second kappa shape index (κ2) is 7.43. The molecule has 2 aromatic carbocycles. The molecule has 3 rings (SSSR count). The molecule has 1 heterocycles. The van der Waals surface area contributed by atoms with E-state index in [1.807, 2.05) is 41.7 Å². The van der Waals surface area contributed by atoms with Gasteiger partial charge in [-0.1, -0.05) is 48.5 Å². The highest BCUT2D eigenvalue weighted by molar-refractivity contribution is 6.05. The van der Waals surface area contributed by atoms with E-state index in [1.54, 1.807) is 24.3 Å². The molecular weight excluding hydrogens is 334 g/mol. The molecule has 0 bridgehead atoms. The number of ether oxygens (including phenoxy) is 1. The van der Waals surface area contributed by atoms with Gasteiger partial charge in [-0.2, -0.15) is 0 Å². The zero-order valence-electron chi connectivity index (χ0n) is 13.6. The fourth-order valence-electron chi connectivity index (χ4n) is 2.48. The monoisotopic (exact) mass is 349 g/mol. The molecule has 7 nitrogen and oxygen atoms in total. The largest absolute Gasteiger partial charge is 0.452 e. The first-order chi connectivity index (χ1) is 12.5. The number of amides is 3. The highest BCUT2D eigenvalue weighted by Crippen LogP contribution is 2.25. The number of nitrogens with zero attached hydrogens (tertiary/aromatic N) is 1. The van der Waals surface area contributed by atoms with Crippen LogP contribution in [-0.4, -0.2) is 29.5 Å². The number of hydrogen-bond donors (Lipinski definition) is 2. The van der Waals surface area contributed by atoms with Crippen LogP contribution >= 0.6 is 0 Å². The van der Waals surface area contributed by atoms with E-state index >= 15 is 0 Å². The van der Waals surface area contributed by atoms with Crippen LogP contribution in [0, 0.1) is 0 Å². The summed E-state index contributed by atoms with van der Waals surface area (Å²) in [6.45, 7) is -0.612. The van der Waals surface area contributed by atoms with Crippen LogP contribution in [0.3, 0.4) is 0 Å². The Bertz CT molecular complexity index is 987. The van der Waals surface area contributed by atoms with Crippen LogP contribution in [0.5, 0.6) is 0 Å². The SMILES string of the molecule is NC(=O)NC(=O)COC(=O)c1cc(-c2ccccc2)nc2ccccc12. The second-order valence-electron chi connectivity index (χ2n) is 5.43. The molecule has 0 saturated heterocycles. The highest BCUT2D eigenvalue weighted by atomic mass is 16.5. The van der Waals surface area contributed by atoms with Gasteiger partial charge in [-0.15, -0.1) is 0 Å². The number of pyridine rings is 1. The van der Waals surface area contributed by atoms with E-state index in [2.05, 4.69) is 4.98 Å². The summed E-state index contributed by atoms with van der Waals surface area (Å²) in [5.74, 6) is -1.49. The van der Waals surface area contributed by atoms with Crippen LogP contribution < -0.4 is 11.1 Å². The fraction of sp³-hybridized carbons (Fsp3) is 0.0526. The molecule has 0 saturated carbocycles. The molecular formula is C19H15N3O4. The van der Waals surface area contributed by atoms with Gasteiger partial charge in [-0.05, 0) is 12.1 Å². The number of benzene rings is 2. The molecule has 0 atom stereocenters. The van der Waals surface area contributed by atoms with Gasteiger partial charge in [0.1, 0.15) is 0 Å². The topological polar surface area (TPSA) is 111 Å². The fourth-order valence-corrected chi connectivity index (χ4v) is 2.48.